The zero-order valence-corrected chi connectivity index (χ0v) is 18.3. The molecule has 6 nitrogen and oxygen atoms in total. The number of benzene rings is 3. The molecule has 0 aromatic heterocycles. The molecule has 0 radical (unpaired) electrons. The molecule has 3 aromatic carbocycles. The summed E-state index contributed by atoms with van der Waals surface area (Å²) in [6.07, 6.45) is -0.769. The lowest BCUT2D eigenvalue weighted by Crippen LogP contribution is -2.30. The first-order chi connectivity index (χ1) is 14.9. The summed E-state index contributed by atoms with van der Waals surface area (Å²) in [6.45, 7) is 1.63. The number of rotatable bonds is 7. The van der Waals surface area contributed by atoms with E-state index >= 15 is 0 Å². The minimum Gasteiger partial charge on any atom is -0.495 e. The van der Waals surface area contributed by atoms with E-state index in [2.05, 4.69) is 10.6 Å². The van der Waals surface area contributed by atoms with Gasteiger partial charge in [-0.3, -0.25) is 9.59 Å². The molecular weight excluding hydrogens is 439 g/mol. The van der Waals surface area contributed by atoms with Crippen molar-refractivity contribution in [2.24, 2.45) is 0 Å². The van der Waals surface area contributed by atoms with Crippen molar-refractivity contribution < 1.29 is 19.1 Å². The number of anilines is 2. The summed E-state index contributed by atoms with van der Waals surface area (Å²) in [5.74, 6) is 0.162. The van der Waals surface area contributed by atoms with Gasteiger partial charge in [-0.1, -0.05) is 41.4 Å². The van der Waals surface area contributed by atoms with E-state index in [1.54, 1.807) is 49.4 Å². The van der Waals surface area contributed by atoms with Gasteiger partial charge >= 0.3 is 0 Å². The molecule has 8 heteroatoms. The molecular formula is C23H20Cl2N2O4. The van der Waals surface area contributed by atoms with E-state index in [1.165, 1.54) is 13.2 Å². The van der Waals surface area contributed by atoms with E-state index in [1.807, 2.05) is 18.2 Å². The summed E-state index contributed by atoms with van der Waals surface area (Å²) in [7, 11) is 1.47. The lowest BCUT2D eigenvalue weighted by atomic mass is 10.1. The highest BCUT2D eigenvalue weighted by atomic mass is 35.5. The zero-order valence-electron chi connectivity index (χ0n) is 16.8. The lowest BCUT2D eigenvalue weighted by Gasteiger charge is -2.17. The molecule has 0 spiro atoms. The van der Waals surface area contributed by atoms with E-state index in [9.17, 15) is 9.59 Å². The van der Waals surface area contributed by atoms with Crippen molar-refractivity contribution in [2.75, 3.05) is 17.7 Å². The van der Waals surface area contributed by atoms with Crippen molar-refractivity contribution in [3.05, 3.63) is 82.3 Å². The Morgan fingerprint density at radius 2 is 1.65 bits per heavy atom. The van der Waals surface area contributed by atoms with Crippen LogP contribution >= 0.6 is 23.2 Å². The zero-order chi connectivity index (χ0) is 22.4. The average molecular weight is 459 g/mol. The van der Waals surface area contributed by atoms with E-state index in [-0.39, 0.29) is 0 Å². The van der Waals surface area contributed by atoms with Gasteiger partial charge in [-0.15, -0.1) is 0 Å². The Hall–Kier alpha value is -3.22. The first-order valence-electron chi connectivity index (χ1n) is 9.34. The van der Waals surface area contributed by atoms with Gasteiger partial charge in [0.2, 0.25) is 0 Å². The van der Waals surface area contributed by atoms with Crippen molar-refractivity contribution in [2.45, 2.75) is 13.0 Å². The molecule has 3 rings (SSSR count). The number of ether oxygens (including phenoxy) is 2. The number of carbonyl (C=O) groups is 2. The fraction of sp³-hybridized carbons (Fsp3) is 0.130. The van der Waals surface area contributed by atoms with Crippen LogP contribution in [0, 0.1) is 0 Å². The van der Waals surface area contributed by atoms with Crippen LogP contribution in [0.4, 0.5) is 11.4 Å². The second-order valence-corrected chi connectivity index (χ2v) is 7.40. The molecule has 1 atom stereocenters. The van der Waals surface area contributed by atoms with Gasteiger partial charge in [0.1, 0.15) is 11.5 Å². The summed E-state index contributed by atoms with van der Waals surface area (Å²) >= 11 is 12.1. The van der Waals surface area contributed by atoms with Gasteiger partial charge in [-0.2, -0.15) is 0 Å². The van der Waals surface area contributed by atoms with Gasteiger partial charge in [0.15, 0.2) is 6.10 Å². The maximum atomic E-state index is 12.7. The monoisotopic (exact) mass is 458 g/mol. The van der Waals surface area contributed by atoms with Crippen LogP contribution in [0.15, 0.2) is 66.7 Å². The molecule has 160 valence electrons. The maximum Gasteiger partial charge on any atom is 0.265 e. The van der Waals surface area contributed by atoms with Crippen LogP contribution in [0.25, 0.3) is 0 Å². The predicted octanol–water partition coefficient (Wildman–Crippen LogP) is 5.66. The molecule has 0 heterocycles. The highest BCUT2D eigenvalue weighted by Gasteiger charge is 2.18. The minimum absolute atomic E-state index is 0.295. The molecule has 1 unspecified atom stereocenters. The van der Waals surface area contributed by atoms with Gasteiger partial charge in [0, 0.05) is 10.6 Å². The van der Waals surface area contributed by atoms with Crippen LogP contribution in [-0.2, 0) is 4.79 Å². The number of methoxy groups -OCH3 is 1. The SMILES string of the molecule is COc1ccc(C(=O)Nc2cc(Cl)ccc2Cl)cc1NC(=O)C(C)Oc1ccccc1. The third-order valence-electron chi connectivity index (χ3n) is 4.32. The van der Waals surface area contributed by atoms with Crippen LogP contribution < -0.4 is 20.1 Å². The quantitative estimate of drug-likeness (QED) is 0.478. The minimum atomic E-state index is -0.769. The van der Waals surface area contributed by atoms with Crippen LogP contribution in [-0.4, -0.2) is 25.0 Å². The standard InChI is InChI=1S/C23H20Cl2N2O4/c1-14(31-17-6-4-3-5-7-17)22(28)27-20-12-15(8-11-21(20)30-2)23(29)26-19-13-16(24)9-10-18(19)25/h3-14H,1-2H3,(H,26,29)(H,27,28). The molecule has 0 saturated heterocycles. The lowest BCUT2D eigenvalue weighted by molar-refractivity contribution is -0.122. The van der Waals surface area contributed by atoms with Crippen molar-refractivity contribution in [3.63, 3.8) is 0 Å². The molecule has 31 heavy (non-hydrogen) atoms. The van der Waals surface area contributed by atoms with Gasteiger partial charge in [0.05, 0.1) is 23.5 Å². The highest BCUT2D eigenvalue weighted by Crippen LogP contribution is 2.29. The van der Waals surface area contributed by atoms with Crippen LogP contribution in [0.1, 0.15) is 17.3 Å². The van der Waals surface area contributed by atoms with Crippen molar-refractivity contribution in [3.8, 4) is 11.5 Å². The number of carbonyl (C=O) groups excluding carboxylic acids is 2. The number of para-hydroxylation sites is 1. The van der Waals surface area contributed by atoms with E-state index < -0.39 is 17.9 Å². The molecule has 0 aliphatic rings. The largest absolute Gasteiger partial charge is 0.495 e. The molecule has 2 amide bonds. The summed E-state index contributed by atoms with van der Waals surface area (Å²) in [6, 6.07) is 18.5. The number of nitrogens with one attached hydrogen (secondary N) is 2. The number of halogens is 2. The van der Waals surface area contributed by atoms with Gasteiger partial charge < -0.3 is 20.1 Å². The Labute approximate surface area is 190 Å². The maximum absolute atomic E-state index is 12.7. The molecule has 0 fully saturated rings. The first kappa shape index (κ1) is 22.5. The summed E-state index contributed by atoms with van der Waals surface area (Å²) in [5.41, 5.74) is 1.01. The van der Waals surface area contributed by atoms with E-state index in [0.29, 0.717) is 38.5 Å². The number of amides is 2. The van der Waals surface area contributed by atoms with Crippen molar-refractivity contribution in [1.82, 2.24) is 0 Å². The normalized spacial score (nSPS) is 11.4. The Balaban J connectivity index is 1.76. The number of hydrogen-bond acceptors (Lipinski definition) is 4. The molecule has 0 saturated carbocycles. The van der Waals surface area contributed by atoms with Crippen molar-refractivity contribution >= 4 is 46.4 Å². The predicted molar refractivity (Wildman–Crippen MR) is 123 cm³/mol. The first-order valence-corrected chi connectivity index (χ1v) is 10.1. The third-order valence-corrected chi connectivity index (χ3v) is 4.89. The molecule has 0 aliphatic carbocycles. The second kappa shape index (κ2) is 10.2. The van der Waals surface area contributed by atoms with E-state index in [0.717, 1.165) is 0 Å². The van der Waals surface area contributed by atoms with Crippen LogP contribution in [0.3, 0.4) is 0 Å². The third kappa shape index (κ3) is 5.90. The summed E-state index contributed by atoms with van der Waals surface area (Å²) < 4.78 is 10.9. The fourth-order valence-corrected chi connectivity index (χ4v) is 3.06. The summed E-state index contributed by atoms with van der Waals surface area (Å²) in [5, 5.41) is 6.25. The van der Waals surface area contributed by atoms with Crippen molar-refractivity contribution in [1.29, 1.82) is 0 Å². The van der Waals surface area contributed by atoms with E-state index in [4.69, 9.17) is 32.7 Å². The molecule has 0 aliphatic heterocycles. The molecule has 2 N–H and O–H groups in total. The molecule has 0 bridgehead atoms. The smallest absolute Gasteiger partial charge is 0.265 e. The topological polar surface area (TPSA) is 76.7 Å². The highest BCUT2D eigenvalue weighted by molar-refractivity contribution is 6.35. The van der Waals surface area contributed by atoms with Gasteiger partial charge in [-0.25, -0.2) is 0 Å². The molecule has 3 aromatic rings. The average Bonchev–Trinajstić information content (AvgIpc) is 2.76. The summed E-state index contributed by atoms with van der Waals surface area (Å²) in [4.78, 5) is 25.3. The van der Waals surface area contributed by atoms with Gasteiger partial charge in [-0.05, 0) is 55.5 Å². The van der Waals surface area contributed by atoms with Gasteiger partial charge in [0.25, 0.3) is 11.8 Å². The Kier molecular flexibility index (Phi) is 7.39. The second-order valence-electron chi connectivity index (χ2n) is 6.56. The van der Waals surface area contributed by atoms with Crippen LogP contribution in [0.2, 0.25) is 10.0 Å². The Morgan fingerprint density at radius 3 is 2.35 bits per heavy atom. The fourth-order valence-electron chi connectivity index (χ4n) is 2.73. The number of hydrogen-bond donors (Lipinski definition) is 2. The van der Waals surface area contributed by atoms with Crippen LogP contribution in [0.5, 0.6) is 11.5 Å². The Bertz CT molecular complexity index is 1090. The Morgan fingerprint density at radius 1 is 0.903 bits per heavy atom.